The number of halogens is 2. The molecular formula is C11H14F2O2. The summed E-state index contributed by atoms with van der Waals surface area (Å²) in [6.45, 7) is 2.63. The van der Waals surface area contributed by atoms with Gasteiger partial charge in [0.15, 0.2) is 11.6 Å². The Hall–Kier alpha value is -1.32. The molecule has 1 aromatic carbocycles. The van der Waals surface area contributed by atoms with Crippen molar-refractivity contribution in [2.24, 2.45) is 0 Å². The van der Waals surface area contributed by atoms with Crippen LogP contribution in [0.3, 0.4) is 0 Å². The topological polar surface area (TPSA) is 18.5 Å². The van der Waals surface area contributed by atoms with E-state index in [1.165, 1.54) is 13.2 Å². The maximum atomic E-state index is 13.7. The predicted molar refractivity (Wildman–Crippen MR) is 53.6 cm³/mol. The summed E-state index contributed by atoms with van der Waals surface area (Å²) in [5.41, 5.74) is 0.456. The third-order valence-corrected chi connectivity index (χ3v) is 2.11. The first-order valence-electron chi connectivity index (χ1n) is 4.66. The lowest BCUT2D eigenvalue weighted by Gasteiger charge is -2.13. The van der Waals surface area contributed by atoms with Crippen molar-refractivity contribution in [2.45, 2.75) is 19.8 Å². The van der Waals surface area contributed by atoms with Crippen LogP contribution in [0.15, 0.2) is 12.1 Å². The average Bonchev–Trinajstić information content (AvgIpc) is 2.21. The van der Waals surface area contributed by atoms with Gasteiger partial charge in [0.05, 0.1) is 7.11 Å². The molecule has 0 aliphatic heterocycles. The molecule has 0 saturated heterocycles. The maximum Gasteiger partial charge on any atom is 0.228 e. The van der Waals surface area contributed by atoms with E-state index in [0.29, 0.717) is 11.3 Å². The first-order chi connectivity index (χ1) is 7.10. The molecule has 0 amide bonds. The van der Waals surface area contributed by atoms with Crippen LogP contribution in [0.4, 0.5) is 8.78 Å². The van der Waals surface area contributed by atoms with Gasteiger partial charge in [-0.2, -0.15) is 0 Å². The SMILES string of the molecule is COc1cc(OCF)c(F)c(C(C)C)c1. The Morgan fingerprint density at radius 2 is 2.00 bits per heavy atom. The van der Waals surface area contributed by atoms with Crippen molar-refractivity contribution in [3.05, 3.63) is 23.5 Å². The fraction of sp³-hybridized carbons (Fsp3) is 0.455. The summed E-state index contributed by atoms with van der Waals surface area (Å²) in [4.78, 5) is 0. The number of alkyl halides is 1. The van der Waals surface area contributed by atoms with Gasteiger partial charge in [-0.3, -0.25) is 0 Å². The molecule has 0 unspecified atom stereocenters. The monoisotopic (exact) mass is 216 g/mol. The largest absolute Gasteiger partial charge is 0.497 e. The third kappa shape index (κ3) is 2.58. The normalized spacial score (nSPS) is 10.5. The van der Waals surface area contributed by atoms with Crippen LogP contribution in [-0.2, 0) is 0 Å². The van der Waals surface area contributed by atoms with Gasteiger partial charge in [-0.25, -0.2) is 8.78 Å². The molecule has 0 aromatic heterocycles. The molecule has 0 aliphatic carbocycles. The van der Waals surface area contributed by atoms with E-state index in [1.54, 1.807) is 6.07 Å². The van der Waals surface area contributed by atoms with Crippen molar-refractivity contribution in [2.75, 3.05) is 14.0 Å². The van der Waals surface area contributed by atoms with Gasteiger partial charge in [-0.15, -0.1) is 0 Å². The van der Waals surface area contributed by atoms with Crippen LogP contribution in [0.5, 0.6) is 11.5 Å². The maximum absolute atomic E-state index is 13.7. The lowest BCUT2D eigenvalue weighted by Crippen LogP contribution is -2.00. The zero-order chi connectivity index (χ0) is 11.4. The number of methoxy groups -OCH3 is 1. The summed E-state index contributed by atoms with van der Waals surface area (Å²) in [6.07, 6.45) is 0. The molecule has 0 heterocycles. The van der Waals surface area contributed by atoms with Crippen molar-refractivity contribution in [3.8, 4) is 11.5 Å². The van der Waals surface area contributed by atoms with Gasteiger partial charge in [0, 0.05) is 6.07 Å². The number of benzene rings is 1. The lowest BCUT2D eigenvalue weighted by molar-refractivity contribution is 0.183. The quantitative estimate of drug-likeness (QED) is 0.769. The number of ether oxygens (including phenoxy) is 2. The molecule has 84 valence electrons. The summed E-state index contributed by atoms with van der Waals surface area (Å²) in [5.74, 6) is -0.186. The fourth-order valence-electron chi connectivity index (χ4n) is 1.29. The van der Waals surface area contributed by atoms with E-state index in [1.807, 2.05) is 13.8 Å². The van der Waals surface area contributed by atoms with Gasteiger partial charge >= 0.3 is 0 Å². The van der Waals surface area contributed by atoms with E-state index in [-0.39, 0.29) is 11.7 Å². The van der Waals surface area contributed by atoms with Gasteiger partial charge in [-0.1, -0.05) is 13.8 Å². The summed E-state index contributed by atoms with van der Waals surface area (Å²) in [7, 11) is 1.47. The van der Waals surface area contributed by atoms with Crippen molar-refractivity contribution < 1.29 is 18.3 Å². The zero-order valence-corrected chi connectivity index (χ0v) is 9.01. The number of rotatable bonds is 4. The highest BCUT2D eigenvalue weighted by Gasteiger charge is 2.14. The molecule has 0 saturated carbocycles. The van der Waals surface area contributed by atoms with Crippen molar-refractivity contribution in [1.29, 1.82) is 0 Å². The highest BCUT2D eigenvalue weighted by atomic mass is 19.1. The van der Waals surface area contributed by atoms with Gasteiger partial charge < -0.3 is 9.47 Å². The molecule has 0 radical (unpaired) electrons. The molecule has 4 heteroatoms. The second kappa shape index (κ2) is 4.96. The van der Waals surface area contributed by atoms with Crippen LogP contribution in [0.1, 0.15) is 25.3 Å². The van der Waals surface area contributed by atoms with E-state index in [9.17, 15) is 8.78 Å². The van der Waals surface area contributed by atoms with Crippen LogP contribution >= 0.6 is 0 Å². The molecule has 1 aromatic rings. The summed E-state index contributed by atoms with van der Waals surface area (Å²) in [5, 5.41) is 0. The first kappa shape index (κ1) is 11.8. The minimum atomic E-state index is -1.05. The Labute approximate surface area is 87.8 Å². The minimum Gasteiger partial charge on any atom is -0.497 e. The molecule has 0 atom stereocenters. The Bertz CT molecular complexity index is 338. The van der Waals surface area contributed by atoms with E-state index >= 15 is 0 Å². The van der Waals surface area contributed by atoms with Crippen molar-refractivity contribution in [3.63, 3.8) is 0 Å². The Kier molecular flexibility index (Phi) is 3.88. The molecule has 15 heavy (non-hydrogen) atoms. The van der Waals surface area contributed by atoms with Crippen LogP contribution in [0.2, 0.25) is 0 Å². The first-order valence-corrected chi connectivity index (χ1v) is 4.66. The van der Waals surface area contributed by atoms with Crippen LogP contribution < -0.4 is 9.47 Å². The zero-order valence-electron chi connectivity index (χ0n) is 9.01. The van der Waals surface area contributed by atoms with Crippen LogP contribution in [0.25, 0.3) is 0 Å². The van der Waals surface area contributed by atoms with Gasteiger partial charge in [-0.05, 0) is 17.5 Å². The van der Waals surface area contributed by atoms with Crippen molar-refractivity contribution >= 4 is 0 Å². The number of hydrogen-bond acceptors (Lipinski definition) is 2. The Balaban J connectivity index is 3.20. The molecule has 0 fully saturated rings. The molecular weight excluding hydrogens is 202 g/mol. The molecule has 0 spiro atoms. The number of hydrogen-bond donors (Lipinski definition) is 0. The van der Waals surface area contributed by atoms with E-state index in [4.69, 9.17) is 4.74 Å². The van der Waals surface area contributed by atoms with Crippen LogP contribution in [0, 0.1) is 5.82 Å². The van der Waals surface area contributed by atoms with E-state index in [0.717, 1.165) is 0 Å². The fourth-order valence-corrected chi connectivity index (χ4v) is 1.29. The molecule has 1 rings (SSSR count). The second-order valence-corrected chi connectivity index (χ2v) is 3.44. The summed E-state index contributed by atoms with van der Waals surface area (Å²) in [6, 6.07) is 2.92. The summed E-state index contributed by atoms with van der Waals surface area (Å²) < 4.78 is 35.2. The van der Waals surface area contributed by atoms with E-state index in [2.05, 4.69) is 4.74 Å². The molecule has 0 N–H and O–H groups in total. The average molecular weight is 216 g/mol. The van der Waals surface area contributed by atoms with E-state index < -0.39 is 12.7 Å². The standard InChI is InChI=1S/C11H14F2O2/c1-7(2)9-4-8(14-3)5-10(11(9)13)15-6-12/h4-5,7H,6H2,1-3H3. The summed E-state index contributed by atoms with van der Waals surface area (Å²) >= 11 is 0. The molecule has 2 nitrogen and oxygen atoms in total. The minimum absolute atomic E-state index is 0.0120. The van der Waals surface area contributed by atoms with Gasteiger partial charge in [0.2, 0.25) is 6.86 Å². The van der Waals surface area contributed by atoms with Gasteiger partial charge in [0.1, 0.15) is 5.75 Å². The Morgan fingerprint density at radius 3 is 2.47 bits per heavy atom. The highest BCUT2D eigenvalue weighted by molar-refractivity contribution is 5.41. The predicted octanol–water partition coefficient (Wildman–Crippen LogP) is 3.26. The second-order valence-electron chi connectivity index (χ2n) is 3.44. The van der Waals surface area contributed by atoms with Crippen LogP contribution in [-0.4, -0.2) is 14.0 Å². The van der Waals surface area contributed by atoms with Crippen molar-refractivity contribution in [1.82, 2.24) is 0 Å². The lowest BCUT2D eigenvalue weighted by atomic mass is 10.0. The Morgan fingerprint density at radius 1 is 1.33 bits per heavy atom. The van der Waals surface area contributed by atoms with Gasteiger partial charge in [0.25, 0.3) is 0 Å². The highest BCUT2D eigenvalue weighted by Crippen LogP contribution is 2.31. The molecule has 0 aliphatic rings. The molecule has 0 bridgehead atoms. The third-order valence-electron chi connectivity index (χ3n) is 2.11. The smallest absolute Gasteiger partial charge is 0.228 e.